The van der Waals surface area contributed by atoms with E-state index in [9.17, 15) is 26.4 Å². The maximum absolute atomic E-state index is 13.1. The summed E-state index contributed by atoms with van der Waals surface area (Å²) in [5, 5.41) is 2.19. The second-order valence-corrected chi connectivity index (χ2v) is 7.84. The van der Waals surface area contributed by atoms with Crippen molar-refractivity contribution in [3.8, 4) is 0 Å². The van der Waals surface area contributed by atoms with Crippen LogP contribution in [0.25, 0.3) is 0 Å². The Morgan fingerprint density at radius 3 is 2.50 bits per heavy atom. The molecule has 0 aliphatic rings. The summed E-state index contributed by atoms with van der Waals surface area (Å²) in [5.41, 5.74) is -1.18. The minimum Gasteiger partial charge on any atom is -0.355 e. The first-order chi connectivity index (χ1) is 13.0. The molecular formula is C18H16ClF3N2O3S. The fourth-order valence-electron chi connectivity index (χ4n) is 2.40. The van der Waals surface area contributed by atoms with E-state index in [1.807, 2.05) is 0 Å². The van der Waals surface area contributed by atoms with Gasteiger partial charge in [-0.25, -0.2) is 8.42 Å². The van der Waals surface area contributed by atoms with E-state index in [1.54, 1.807) is 0 Å². The monoisotopic (exact) mass is 432 g/mol. The van der Waals surface area contributed by atoms with Crippen LogP contribution < -0.4 is 9.62 Å². The van der Waals surface area contributed by atoms with Gasteiger partial charge in [-0.15, -0.1) is 6.58 Å². The molecule has 1 N–H and O–H groups in total. The summed E-state index contributed by atoms with van der Waals surface area (Å²) < 4.78 is 66.1. The van der Waals surface area contributed by atoms with Crippen molar-refractivity contribution in [3.05, 3.63) is 71.3 Å². The van der Waals surface area contributed by atoms with Crippen molar-refractivity contribution >= 4 is 33.2 Å². The first-order valence-electron chi connectivity index (χ1n) is 7.85. The molecule has 2 aromatic carbocycles. The molecule has 0 unspecified atom stereocenters. The van der Waals surface area contributed by atoms with Gasteiger partial charge in [-0.1, -0.05) is 23.7 Å². The minimum absolute atomic E-state index is 0.0353. The van der Waals surface area contributed by atoms with E-state index in [0.717, 1.165) is 28.6 Å². The van der Waals surface area contributed by atoms with E-state index in [-0.39, 0.29) is 22.8 Å². The van der Waals surface area contributed by atoms with Gasteiger partial charge in [-0.2, -0.15) is 13.2 Å². The molecule has 0 bridgehead atoms. The zero-order chi connectivity index (χ0) is 21.1. The quantitative estimate of drug-likeness (QED) is 0.699. The van der Waals surface area contributed by atoms with E-state index in [1.165, 1.54) is 31.3 Å². The lowest BCUT2D eigenvalue weighted by atomic mass is 10.2. The van der Waals surface area contributed by atoms with Crippen LogP contribution in [0.15, 0.2) is 60.0 Å². The maximum Gasteiger partial charge on any atom is 0.416 e. The van der Waals surface area contributed by atoms with Crippen molar-refractivity contribution in [3.63, 3.8) is 0 Å². The zero-order valence-corrected chi connectivity index (χ0v) is 16.2. The van der Waals surface area contributed by atoms with Crippen molar-refractivity contribution < 1.29 is 26.4 Å². The van der Waals surface area contributed by atoms with Crippen LogP contribution in [0.5, 0.6) is 0 Å². The number of benzene rings is 2. The molecule has 1 amide bonds. The number of amides is 1. The summed E-state index contributed by atoms with van der Waals surface area (Å²) in [4.78, 5) is 11.4. The Balaban J connectivity index is 2.63. The molecule has 0 heterocycles. The Labute approximate surface area is 165 Å². The third-order valence-electron chi connectivity index (χ3n) is 3.74. The van der Waals surface area contributed by atoms with E-state index in [4.69, 9.17) is 11.6 Å². The molecule has 5 nitrogen and oxygen atoms in total. The van der Waals surface area contributed by atoms with E-state index >= 15 is 0 Å². The molecule has 0 aliphatic carbocycles. The van der Waals surface area contributed by atoms with Gasteiger partial charge in [-0.3, -0.25) is 9.10 Å². The topological polar surface area (TPSA) is 66.5 Å². The number of nitrogens with one attached hydrogen (secondary N) is 1. The van der Waals surface area contributed by atoms with Crippen molar-refractivity contribution in [2.75, 3.05) is 17.9 Å². The predicted molar refractivity (Wildman–Crippen MR) is 101 cm³/mol. The van der Waals surface area contributed by atoms with Gasteiger partial charge in [0.05, 0.1) is 22.8 Å². The summed E-state index contributed by atoms with van der Waals surface area (Å²) in [6, 6.07) is 7.53. The molecule has 0 fully saturated rings. The number of sulfonamides is 1. The van der Waals surface area contributed by atoms with Crippen LogP contribution in [-0.2, 0) is 16.2 Å². The van der Waals surface area contributed by atoms with Gasteiger partial charge in [0.15, 0.2) is 0 Å². The average Bonchev–Trinajstić information content (AvgIpc) is 2.65. The number of carbonyl (C=O) groups excluding carboxylic acids is 1. The summed E-state index contributed by atoms with van der Waals surface area (Å²) in [6.45, 7) is 3.16. The molecule has 0 spiro atoms. The molecule has 0 atom stereocenters. The largest absolute Gasteiger partial charge is 0.416 e. The number of alkyl halides is 3. The summed E-state index contributed by atoms with van der Waals surface area (Å²) in [5.74, 6) is -0.539. The molecule has 10 heteroatoms. The highest BCUT2D eigenvalue weighted by Gasteiger charge is 2.33. The number of nitrogens with zero attached hydrogens (tertiary/aromatic N) is 1. The van der Waals surface area contributed by atoms with Crippen molar-refractivity contribution in [1.29, 1.82) is 0 Å². The van der Waals surface area contributed by atoms with Crippen LogP contribution in [-0.4, -0.2) is 27.9 Å². The maximum atomic E-state index is 13.1. The number of anilines is 1. The number of hydrogen-bond acceptors (Lipinski definition) is 3. The number of hydrogen-bond donors (Lipinski definition) is 1. The first kappa shape index (κ1) is 21.8. The van der Waals surface area contributed by atoms with Gasteiger partial charge in [0.1, 0.15) is 4.90 Å². The van der Waals surface area contributed by atoms with Crippen molar-refractivity contribution in [2.45, 2.75) is 11.1 Å². The number of halogens is 4. The van der Waals surface area contributed by atoms with Gasteiger partial charge in [-0.05, 0) is 36.4 Å². The summed E-state index contributed by atoms with van der Waals surface area (Å²) in [7, 11) is -3.02. The van der Waals surface area contributed by atoms with Gasteiger partial charge >= 0.3 is 6.18 Å². The van der Waals surface area contributed by atoms with Crippen LogP contribution in [0, 0.1) is 0 Å². The molecule has 2 aromatic rings. The van der Waals surface area contributed by atoms with E-state index < -0.39 is 32.6 Å². The predicted octanol–water partition coefficient (Wildman–Crippen LogP) is 4.10. The van der Waals surface area contributed by atoms with Crippen molar-refractivity contribution in [2.24, 2.45) is 0 Å². The average molecular weight is 433 g/mol. The Kier molecular flexibility index (Phi) is 6.41. The normalized spacial score (nSPS) is 11.8. The molecule has 150 valence electrons. The Bertz CT molecular complexity index is 1010. The molecule has 0 radical (unpaired) electrons. The van der Waals surface area contributed by atoms with E-state index in [2.05, 4.69) is 11.9 Å². The third kappa shape index (κ3) is 4.48. The fourth-order valence-corrected chi connectivity index (χ4v) is 4.33. The highest BCUT2D eigenvalue weighted by molar-refractivity contribution is 7.93. The van der Waals surface area contributed by atoms with Crippen LogP contribution in [0.4, 0.5) is 18.9 Å². The third-order valence-corrected chi connectivity index (χ3v) is 6.02. The minimum atomic E-state index is -4.64. The Hall–Kier alpha value is -2.52. The SMILES string of the molecule is C=CCN(c1cccc(C(F)(F)F)c1)S(=O)(=O)c1cc(C(=O)NC)ccc1Cl. The highest BCUT2D eigenvalue weighted by atomic mass is 35.5. The molecule has 2 rings (SSSR count). The second kappa shape index (κ2) is 8.24. The lowest BCUT2D eigenvalue weighted by Crippen LogP contribution is -2.32. The lowest BCUT2D eigenvalue weighted by Gasteiger charge is -2.24. The van der Waals surface area contributed by atoms with Gasteiger partial charge < -0.3 is 5.32 Å². The molecule has 0 saturated heterocycles. The zero-order valence-electron chi connectivity index (χ0n) is 14.6. The van der Waals surface area contributed by atoms with E-state index in [0.29, 0.717) is 0 Å². The lowest BCUT2D eigenvalue weighted by molar-refractivity contribution is -0.137. The van der Waals surface area contributed by atoms with Crippen molar-refractivity contribution in [1.82, 2.24) is 5.32 Å². The second-order valence-electron chi connectivity index (χ2n) is 5.60. The Morgan fingerprint density at radius 1 is 1.25 bits per heavy atom. The molecule has 0 saturated carbocycles. The standard InChI is InChI=1S/C18H16ClF3N2O3S/c1-3-9-24(14-6-4-5-13(11-14)18(20,21)22)28(26,27)16-10-12(17(25)23-2)7-8-15(16)19/h3-8,10-11H,1,9H2,2H3,(H,23,25). The van der Waals surface area contributed by atoms with Crippen LogP contribution >= 0.6 is 11.6 Å². The number of carbonyl (C=O) groups is 1. The Morgan fingerprint density at radius 2 is 1.93 bits per heavy atom. The van der Waals surface area contributed by atoms with Gasteiger partial charge in [0, 0.05) is 12.6 Å². The smallest absolute Gasteiger partial charge is 0.355 e. The molecular weight excluding hydrogens is 417 g/mol. The van der Waals surface area contributed by atoms with Gasteiger partial charge in [0.2, 0.25) is 0 Å². The van der Waals surface area contributed by atoms with Crippen LogP contribution in [0.3, 0.4) is 0 Å². The number of rotatable bonds is 6. The summed E-state index contributed by atoms with van der Waals surface area (Å²) in [6.07, 6.45) is -3.41. The van der Waals surface area contributed by atoms with Crippen LogP contribution in [0.2, 0.25) is 5.02 Å². The van der Waals surface area contributed by atoms with Crippen LogP contribution in [0.1, 0.15) is 15.9 Å². The highest BCUT2D eigenvalue weighted by Crippen LogP contribution is 2.34. The molecule has 0 aliphatic heterocycles. The molecule has 28 heavy (non-hydrogen) atoms. The fraction of sp³-hybridized carbons (Fsp3) is 0.167. The van der Waals surface area contributed by atoms with Gasteiger partial charge in [0.25, 0.3) is 15.9 Å². The summed E-state index contributed by atoms with van der Waals surface area (Å²) >= 11 is 6.02. The molecule has 0 aromatic heterocycles. The first-order valence-corrected chi connectivity index (χ1v) is 9.66.